The zero-order valence-electron chi connectivity index (χ0n) is 14.6. The molecule has 2 aromatic carbocycles. The van der Waals surface area contributed by atoms with Crippen LogP contribution in [0.25, 0.3) is 0 Å². The van der Waals surface area contributed by atoms with Gasteiger partial charge in [-0.1, -0.05) is 0 Å². The van der Waals surface area contributed by atoms with Crippen molar-refractivity contribution < 1.29 is 27.4 Å². The van der Waals surface area contributed by atoms with Crippen molar-refractivity contribution >= 4 is 27.3 Å². The average molecular weight is 380 g/mol. The second kappa shape index (κ2) is 8.43. The van der Waals surface area contributed by atoms with Crippen LogP contribution >= 0.6 is 0 Å². The van der Waals surface area contributed by atoms with Crippen molar-refractivity contribution in [3.63, 3.8) is 0 Å². The van der Waals surface area contributed by atoms with E-state index in [0.29, 0.717) is 17.2 Å². The Hall–Kier alpha value is -2.94. The molecule has 26 heavy (non-hydrogen) atoms. The molecule has 0 aromatic heterocycles. The third kappa shape index (κ3) is 5.85. The van der Waals surface area contributed by atoms with Crippen LogP contribution in [0.1, 0.15) is 0 Å². The van der Waals surface area contributed by atoms with Crippen molar-refractivity contribution in [1.29, 1.82) is 0 Å². The number of anilines is 2. The molecule has 2 rings (SSSR count). The highest BCUT2D eigenvalue weighted by Crippen LogP contribution is 2.28. The molecule has 0 saturated heterocycles. The van der Waals surface area contributed by atoms with E-state index >= 15 is 0 Å². The van der Waals surface area contributed by atoms with E-state index in [1.165, 1.54) is 19.2 Å². The maximum atomic E-state index is 12.0. The summed E-state index contributed by atoms with van der Waals surface area (Å²) in [7, 11) is -0.469. The summed E-state index contributed by atoms with van der Waals surface area (Å²) in [5, 5.41) is 2.65. The van der Waals surface area contributed by atoms with E-state index in [4.69, 9.17) is 14.2 Å². The lowest BCUT2D eigenvalue weighted by Crippen LogP contribution is -2.20. The van der Waals surface area contributed by atoms with Crippen LogP contribution in [0.2, 0.25) is 0 Å². The summed E-state index contributed by atoms with van der Waals surface area (Å²) in [4.78, 5) is 12.0. The number of sulfonamides is 1. The monoisotopic (exact) mass is 380 g/mol. The quantitative estimate of drug-likeness (QED) is 0.727. The van der Waals surface area contributed by atoms with E-state index in [1.54, 1.807) is 37.4 Å². The van der Waals surface area contributed by atoms with Gasteiger partial charge < -0.3 is 19.5 Å². The highest BCUT2D eigenvalue weighted by atomic mass is 32.2. The van der Waals surface area contributed by atoms with Crippen molar-refractivity contribution in [2.75, 3.05) is 37.1 Å². The molecular weight excluding hydrogens is 360 g/mol. The number of amides is 1. The summed E-state index contributed by atoms with van der Waals surface area (Å²) >= 11 is 0. The fraction of sp³-hybridized carbons (Fsp3) is 0.235. The standard InChI is InChI=1S/C17H20N2O6S/c1-23-13-5-7-14(8-6-13)25-11-17(20)18-12-4-9-15(16(10-12)24-2)19-26(3,21)22/h4-10,19H,11H2,1-3H3,(H,18,20). The molecule has 0 radical (unpaired) electrons. The molecule has 0 heterocycles. The second-order valence-corrected chi connectivity index (χ2v) is 7.05. The van der Waals surface area contributed by atoms with E-state index < -0.39 is 10.0 Å². The summed E-state index contributed by atoms with van der Waals surface area (Å²) in [6, 6.07) is 11.4. The number of hydrogen-bond acceptors (Lipinski definition) is 6. The van der Waals surface area contributed by atoms with Gasteiger partial charge in [0.2, 0.25) is 10.0 Å². The Morgan fingerprint density at radius 3 is 2.23 bits per heavy atom. The SMILES string of the molecule is COc1ccc(OCC(=O)Nc2ccc(NS(C)(=O)=O)c(OC)c2)cc1. The summed E-state index contributed by atoms with van der Waals surface area (Å²) in [6.45, 7) is -0.183. The van der Waals surface area contributed by atoms with Gasteiger partial charge in [-0.05, 0) is 36.4 Å². The molecule has 0 bridgehead atoms. The molecule has 9 heteroatoms. The first-order valence-electron chi connectivity index (χ1n) is 7.53. The van der Waals surface area contributed by atoms with Crippen molar-refractivity contribution in [3.8, 4) is 17.2 Å². The predicted octanol–water partition coefficient (Wildman–Crippen LogP) is 2.09. The van der Waals surface area contributed by atoms with Gasteiger partial charge in [-0.25, -0.2) is 8.42 Å². The molecule has 0 saturated carbocycles. The topological polar surface area (TPSA) is 103 Å². The number of rotatable bonds is 8. The van der Waals surface area contributed by atoms with Gasteiger partial charge in [-0.2, -0.15) is 0 Å². The van der Waals surface area contributed by atoms with Gasteiger partial charge in [0.25, 0.3) is 5.91 Å². The van der Waals surface area contributed by atoms with Crippen LogP contribution in [0, 0.1) is 0 Å². The van der Waals surface area contributed by atoms with E-state index in [-0.39, 0.29) is 24.0 Å². The fourth-order valence-electron chi connectivity index (χ4n) is 2.07. The molecule has 0 fully saturated rings. The molecule has 2 aromatic rings. The van der Waals surface area contributed by atoms with E-state index in [2.05, 4.69) is 10.0 Å². The summed E-state index contributed by atoms with van der Waals surface area (Å²) in [6.07, 6.45) is 1.04. The van der Waals surface area contributed by atoms with Crippen LogP contribution in [-0.4, -0.2) is 41.4 Å². The third-order valence-corrected chi connectivity index (χ3v) is 3.80. The molecule has 0 aliphatic rings. The van der Waals surface area contributed by atoms with Gasteiger partial charge in [0.05, 0.1) is 26.2 Å². The minimum atomic E-state index is -3.44. The zero-order valence-corrected chi connectivity index (χ0v) is 15.4. The van der Waals surface area contributed by atoms with Gasteiger partial charge in [-0.15, -0.1) is 0 Å². The highest BCUT2D eigenvalue weighted by molar-refractivity contribution is 7.92. The number of hydrogen-bond donors (Lipinski definition) is 2. The smallest absolute Gasteiger partial charge is 0.262 e. The normalized spacial score (nSPS) is 10.7. The molecule has 140 valence electrons. The summed E-state index contributed by atoms with van der Waals surface area (Å²) in [5.74, 6) is 1.14. The van der Waals surface area contributed by atoms with Gasteiger partial charge in [0.1, 0.15) is 17.2 Å². The van der Waals surface area contributed by atoms with Crippen LogP contribution < -0.4 is 24.2 Å². The minimum absolute atomic E-state index is 0.183. The molecule has 0 aliphatic heterocycles. The Morgan fingerprint density at radius 2 is 1.65 bits per heavy atom. The van der Waals surface area contributed by atoms with Gasteiger partial charge >= 0.3 is 0 Å². The highest BCUT2D eigenvalue weighted by Gasteiger charge is 2.11. The first kappa shape index (κ1) is 19.4. The number of nitrogens with one attached hydrogen (secondary N) is 2. The largest absolute Gasteiger partial charge is 0.497 e. The average Bonchev–Trinajstić information content (AvgIpc) is 2.60. The lowest BCUT2D eigenvalue weighted by molar-refractivity contribution is -0.118. The Kier molecular flexibility index (Phi) is 6.29. The molecule has 2 N–H and O–H groups in total. The molecule has 0 spiro atoms. The molecule has 0 unspecified atom stereocenters. The van der Waals surface area contributed by atoms with E-state index in [0.717, 1.165) is 6.26 Å². The lowest BCUT2D eigenvalue weighted by Gasteiger charge is -2.12. The first-order chi connectivity index (χ1) is 12.3. The van der Waals surface area contributed by atoms with E-state index in [9.17, 15) is 13.2 Å². The van der Waals surface area contributed by atoms with Crippen molar-refractivity contribution in [3.05, 3.63) is 42.5 Å². The van der Waals surface area contributed by atoms with Gasteiger partial charge in [0.15, 0.2) is 6.61 Å². The van der Waals surface area contributed by atoms with E-state index in [1.807, 2.05) is 0 Å². The first-order valence-corrected chi connectivity index (χ1v) is 9.42. The van der Waals surface area contributed by atoms with Crippen molar-refractivity contribution in [2.45, 2.75) is 0 Å². The van der Waals surface area contributed by atoms with Crippen molar-refractivity contribution in [1.82, 2.24) is 0 Å². The third-order valence-electron chi connectivity index (χ3n) is 3.21. The van der Waals surface area contributed by atoms with Gasteiger partial charge in [0, 0.05) is 11.8 Å². The lowest BCUT2D eigenvalue weighted by atomic mass is 10.2. The Bertz CT molecular complexity index is 865. The Labute approximate surface area is 152 Å². The van der Waals surface area contributed by atoms with Crippen LogP contribution in [0.15, 0.2) is 42.5 Å². The number of carbonyl (C=O) groups is 1. The fourth-order valence-corrected chi connectivity index (χ4v) is 2.64. The van der Waals surface area contributed by atoms with Crippen molar-refractivity contribution in [2.24, 2.45) is 0 Å². The van der Waals surface area contributed by atoms with Crippen LogP contribution in [0.4, 0.5) is 11.4 Å². The molecule has 0 aliphatic carbocycles. The summed E-state index contributed by atoms with van der Waals surface area (Å²) in [5.41, 5.74) is 0.728. The summed E-state index contributed by atoms with van der Waals surface area (Å²) < 4.78 is 40.6. The number of carbonyl (C=O) groups excluding carboxylic acids is 1. The minimum Gasteiger partial charge on any atom is -0.497 e. The molecule has 8 nitrogen and oxygen atoms in total. The number of methoxy groups -OCH3 is 2. The predicted molar refractivity (Wildman–Crippen MR) is 98.6 cm³/mol. The van der Waals surface area contributed by atoms with Crippen LogP contribution in [-0.2, 0) is 14.8 Å². The zero-order chi connectivity index (χ0) is 19.2. The Morgan fingerprint density at radius 1 is 1.00 bits per heavy atom. The molecule has 1 amide bonds. The van der Waals surface area contributed by atoms with Crippen LogP contribution in [0.3, 0.4) is 0 Å². The molecular formula is C17H20N2O6S. The van der Waals surface area contributed by atoms with Crippen LogP contribution in [0.5, 0.6) is 17.2 Å². The Balaban J connectivity index is 1.97. The number of ether oxygens (including phenoxy) is 3. The molecule has 0 atom stereocenters. The van der Waals surface area contributed by atoms with Gasteiger partial charge in [-0.3, -0.25) is 9.52 Å². The maximum absolute atomic E-state index is 12.0. The number of benzene rings is 2. The maximum Gasteiger partial charge on any atom is 0.262 e. The second-order valence-electron chi connectivity index (χ2n) is 5.30.